The van der Waals surface area contributed by atoms with Gasteiger partial charge in [0.15, 0.2) is 5.82 Å². The second kappa shape index (κ2) is 7.26. The van der Waals surface area contributed by atoms with Crippen molar-refractivity contribution in [3.05, 3.63) is 55.1 Å². The third-order valence-corrected chi connectivity index (χ3v) is 4.07. The molecule has 0 bridgehead atoms. The number of nitrogens with one attached hydrogen (secondary N) is 3. The summed E-state index contributed by atoms with van der Waals surface area (Å²) in [6.45, 7) is -1.40. The Morgan fingerprint density at radius 3 is 2.79 bits per heavy atom. The van der Waals surface area contributed by atoms with Gasteiger partial charge in [0.2, 0.25) is 0 Å². The fraction of sp³-hybridized carbons (Fsp3) is 0.111. The molecule has 11 heteroatoms. The lowest BCUT2D eigenvalue weighted by Gasteiger charge is -2.10. The minimum absolute atomic E-state index is 0.357. The molecule has 0 unspecified atom stereocenters. The first-order valence-electron chi connectivity index (χ1n) is 8.45. The van der Waals surface area contributed by atoms with Gasteiger partial charge in [-0.05, 0) is 24.3 Å². The van der Waals surface area contributed by atoms with Crippen molar-refractivity contribution < 1.29 is 18.0 Å². The molecule has 4 aromatic rings. The van der Waals surface area contributed by atoms with E-state index in [0.717, 1.165) is 16.8 Å². The number of pyridine rings is 1. The summed E-state index contributed by atoms with van der Waals surface area (Å²) in [5, 5.41) is 11.9. The van der Waals surface area contributed by atoms with E-state index < -0.39 is 18.8 Å². The molecule has 0 radical (unpaired) electrons. The number of carbonyl (C=O) groups excluding carboxylic acids is 1. The first-order chi connectivity index (χ1) is 13.9. The zero-order valence-electron chi connectivity index (χ0n) is 14.7. The molecule has 0 saturated heterocycles. The zero-order chi connectivity index (χ0) is 20.4. The highest BCUT2D eigenvalue weighted by molar-refractivity contribution is 5.90. The van der Waals surface area contributed by atoms with Gasteiger partial charge in [0, 0.05) is 23.0 Å². The molecule has 148 valence electrons. The summed E-state index contributed by atoms with van der Waals surface area (Å²) in [5.41, 5.74) is 3.34. The highest BCUT2D eigenvalue weighted by atomic mass is 19.4. The van der Waals surface area contributed by atoms with E-state index >= 15 is 0 Å². The van der Waals surface area contributed by atoms with Crippen molar-refractivity contribution >= 4 is 17.4 Å². The van der Waals surface area contributed by atoms with Gasteiger partial charge in [0.25, 0.3) is 0 Å². The monoisotopic (exact) mass is 401 g/mol. The van der Waals surface area contributed by atoms with Crippen LogP contribution in [-0.2, 0) is 0 Å². The van der Waals surface area contributed by atoms with Crippen molar-refractivity contribution in [1.29, 1.82) is 0 Å². The Morgan fingerprint density at radius 2 is 2.03 bits per heavy atom. The molecule has 0 atom stereocenters. The number of amides is 2. The van der Waals surface area contributed by atoms with E-state index in [1.54, 1.807) is 29.7 Å². The Kier molecular flexibility index (Phi) is 4.63. The van der Waals surface area contributed by atoms with E-state index in [1.807, 2.05) is 28.8 Å². The molecule has 4 rings (SSSR count). The minimum Gasteiger partial charge on any atom is -0.329 e. The van der Waals surface area contributed by atoms with Crippen molar-refractivity contribution in [3.8, 4) is 22.6 Å². The second-order valence-corrected chi connectivity index (χ2v) is 6.13. The second-order valence-electron chi connectivity index (χ2n) is 6.13. The van der Waals surface area contributed by atoms with Gasteiger partial charge < -0.3 is 15.6 Å². The molecule has 0 aliphatic heterocycles. The first-order valence-corrected chi connectivity index (χ1v) is 8.45. The number of urea groups is 1. The summed E-state index contributed by atoms with van der Waals surface area (Å²) >= 11 is 0. The van der Waals surface area contributed by atoms with Gasteiger partial charge in [-0.15, -0.1) is 10.2 Å². The molecule has 0 aliphatic rings. The van der Waals surface area contributed by atoms with Gasteiger partial charge in [0.1, 0.15) is 18.5 Å². The maximum Gasteiger partial charge on any atom is 0.405 e. The lowest BCUT2D eigenvalue weighted by Crippen LogP contribution is -2.36. The summed E-state index contributed by atoms with van der Waals surface area (Å²) in [6.07, 6.45) is 0.508. The maximum atomic E-state index is 12.2. The predicted octanol–water partition coefficient (Wildman–Crippen LogP) is 3.47. The van der Waals surface area contributed by atoms with Gasteiger partial charge >= 0.3 is 12.2 Å². The van der Waals surface area contributed by atoms with Crippen LogP contribution >= 0.6 is 0 Å². The number of hydrogen-bond donors (Lipinski definition) is 3. The topological polar surface area (TPSA) is 100 Å². The molecule has 0 saturated carbocycles. The molecule has 3 aromatic heterocycles. The summed E-state index contributed by atoms with van der Waals surface area (Å²) in [4.78, 5) is 19.0. The van der Waals surface area contributed by atoms with Crippen LogP contribution in [0, 0.1) is 0 Å². The Balaban J connectivity index is 1.56. The van der Waals surface area contributed by atoms with Gasteiger partial charge in [-0.1, -0.05) is 12.1 Å². The zero-order valence-corrected chi connectivity index (χ0v) is 14.7. The van der Waals surface area contributed by atoms with Crippen molar-refractivity contribution in [1.82, 2.24) is 29.9 Å². The van der Waals surface area contributed by atoms with Gasteiger partial charge in [0.05, 0.1) is 11.9 Å². The Morgan fingerprint density at radius 1 is 1.17 bits per heavy atom. The molecule has 8 nitrogen and oxygen atoms in total. The van der Waals surface area contributed by atoms with Gasteiger partial charge in [-0.25, -0.2) is 9.78 Å². The SMILES string of the molecule is O=C(NCC(F)(F)F)Nc1cccc(-c2cnc3cc(-c4nnc[nH]4)ccn23)c1. The number of rotatable bonds is 4. The number of imidazole rings is 1. The van der Waals surface area contributed by atoms with E-state index in [1.165, 1.54) is 6.33 Å². The first kappa shape index (κ1) is 18.5. The fourth-order valence-electron chi connectivity index (χ4n) is 2.80. The van der Waals surface area contributed by atoms with Crippen LogP contribution in [0.2, 0.25) is 0 Å². The molecule has 2 amide bonds. The highest BCUT2D eigenvalue weighted by Crippen LogP contribution is 2.25. The number of H-pyrrole nitrogens is 1. The molecule has 1 aromatic carbocycles. The van der Waals surface area contributed by atoms with Crippen molar-refractivity contribution in [2.24, 2.45) is 0 Å². The Bertz CT molecular complexity index is 1150. The number of fused-ring (bicyclic) bond motifs is 1. The van der Waals surface area contributed by atoms with Crippen molar-refractivity contribution in [2.45, 2.75) is 6.18 Å². The van der Waals surface area contributed by atoms with Gasteiger partial charge in [-0.3, -0.25) is 4.40 Å². The molecule has 0 spiro atoms. The lowest BCUT2D eigenvalue weighted by molar-refractivity contribution is -0.122. The standard InChI is InChI=1S/C18H14F3N7O/c19-18(20,21)9-23-17(29)26-13-3-1-2-11(6-13)14-8-22-15-7-12(4-5-28(14)15)16-24-10-25-27-16/h1-8,10H,9H2,(H2,23,26,29)(H,24,25,27). The van der Waals surface area contributed by atoms with Crippen molar-refractivity contribution in [3.63, 3.8) is 0 Å². The van der Waals surface area contributed by atoms with Crippen LogP contribution in [0.15, 0.2) is 55.1 Å². The van der Waals surface area contributed by atoms with Crippen LogP contribution in [-0.4, -0.2) is 43.3 Å². The lowest BCUT2D eigenvalue weighted by atomic mass is 10.1. The normalized spacial score (nSPS) is 11.6. The number of halogens is 3. The Hall–Kier alpha value is -3.89. The summed E-state index contributed by atoms with van der Waals surface area (Å²) in [5.74, 6) is 0.619. The average molecular weight is 401 g/mol. The summed E-state index contributed by atoms with van der Waals surface area (Å²) in [7, 11) is 0. The quantitative estimate of drug-likeness (QED) is 0.488. The summed E-state index contributed by atoms with van der Waals surface area (Å²) in [6, 6.07) is 9.50. The number of carbonyl (C=O) groups is 1. The molecule has 0 aliphatic carbocycles. The van der Waals surface area contributed by atoms with E-state index in [9.17, 15) is 18.0 Å². The molecule has 0 fully saturated rings. The minimum atomic E-state index is -4.47. The molecule has 29 heavy (non-hydrogen) atoms. The smallest absolute Gasteiger partial charge is 0.329 e. The molecule has 3 heterocycles. The van der Waals surface area contributed by atoms with Crippen LogP contribution in [0.5, 0.6) is 0 Å². The van der Waals surface area contributed by atoms with E-state index in [4.69, 9.17) is 0 Å². The largest absolute Gasteiger partial charge is 0.405 e. The third-order valence-electron chi connectivity index (χ3n) is 4.07. The number of anilines is 1. The average Bonchev–Trinajstić information content (AvgIpc) is 3.35. The molecule has 3 N–H and O–H groups in total. The highest BCUT2D eigenvalue weighted by Gasteiger charge is 2.27. The van der Waals surface area contributed by atoms with Crippen molar-refractivity contribution in [2.75, 3.05) is 11.9 Å². The number of aromatic amines is 1. The predicted molar refractivity (Wildman–Crippen MR) is 99.1 cm³/mol. The van der Waals surface area contributed by atoms with Crippen LogP contribution in [0.1, 0.15) is 0 Å². The van der Waals surface area contributed by atoms with Gasteiger partial charge in [-0.2, -0.15) is 13.2 Å². The molecular formula is C18H14F3N7O. The van der Waals surface area contributed by atoms with E-state index in [-0.39, 0.29) is 0 Å². The van der Waals surface area contributed by atoms with Crippen LogP contribution in [0.4, 0.5) is 23.7 Å². The summed E-state index contributed by atoms with van der Waals surface area (Å²) < 4.78 is 38.5. The van der Waals surface area contributed by atoms with Crippen LogP contribution in [0.25, 0.3) is 28.3 Å². The fourth-order valence-corrected chi connectivity index (χ4v) is 2.80. The number of hydrogen-bond acceptors (Lipinski definition) is 4. The van der Waals surface area contributed by atoms with E-state index in [0.29, 0.717) is 17.2 Å². The van der Waals surface area contributed by atoms with E-state index in [2.05, 4.69) is 25.5 Å². The maximum absolute atomic E-state index is 12.2. The number of aromatic nitrogens is 5. The van der Waals surface area contributed by atoms with Crippen LogP contribution in [0.3, 0.4) is 0 Å². The molecular weight excluding hydrogens is 387 g/mol. The third kappa shape index (κ3) is 4.18. The number of nitrogens with zero attached hydrogens (tertiary/aromatic N) is 4. The Labute approximate surface area is 161 Å². The van der Waals surface area contributed by atoms with Crippen LogP contribution < -0.4 is 10.6 Å². The number of alkyl halides is 3. The number of benzene rings is 1.